The normalized spacial score (nSPS) is 11.4. The van der Waals surface area contributed by atoms with E-state index in [4.69, 9.17) is 10.5 Å². The first-order valence-corrected chi connectivity index (χ1v) is 5.12. The third-order valence-corrected chi connectivity index (χ3v) is 2.28. The van der Waals surface area contributed by atoms with Crippen molar-refractivity contribution in [1.29, 1.82) is 0 Å². The lowest BCUT2D eigenvalue weighted by molar-refractivity contribution is -0.141. The second kappa shape index (κ2) is 4.71. The Morgan fingerprint density at radius 3 is 2.47 bits per heavy atom. The quantitative estimate of drug-likeness (QED) is 0.905. The predicted molar refractivity (Wildman–Crippen MR) is 61.2 cm³/mol. The van der Waals surface area contributed by atoms with Crippen molar-refractivity contribution in [3.63, 3.8) is 0 Å². The van der Waals surface area contributed by atoms with Crippen molar-refractivity contribution >= 4 is 5.95 Å². The molecule has 0 spiro atoms. The molecule has 2 aromatic heterocycles. The van der Waals surface area contributed by atoms with E-state index in [1.54, 1.807) is 0 Å². The van der Waals surface area contributed by atoms with Crippen LogP contribution in [0.25, 0.3) is 11.3 Å². The summed E-state index contributed by atoms with van der Waals surface area (Å²) in [6, 6.07) is 3.87. The van der Waals surface area contributed by atoms with Crippen LogP contribution in [0.5, 0.6) is 5.88 Å². The molecule has 0 atom stereocenters. The fraction of sp³-hybridized carbons (Fsp3) is 0.182. The first kappa shape index (κ1) is 13.1. The molecule has 0 saturated heterocycles. The van der Waals surface area contributed by atoms with E-state index in [0.717, 1.165) is 6.07 Å². The van der Waals surface area contributed by atoms with Crippen molar-refractivity contribution < 1.29 is 17.9 Å². The molecule has 5 nitrogen and oxygen atoms in total. The van der Waals surface area contributed by atoms with E-state index in [2.05, 4.69) is 15.0 Å². The van der Waals surface area contributed by atoms with Crippen LogP contribution in [0.1, 0.15) is 5.69 Å². The third kappa shape index (κ3) is 2.90. The van der Waals surface area contributed by atoms with Gasteiger partial charge in [0, 0.05) is 17.8 Å². The zero-order valence-electron chi connectivity index (χ0n) is 9.77. The molecule has 0 saturated carbocycles. The van der Waals surface area contributed by atoms with Crippen LogP contribution < -0.4 is 10.5 Å². The number of pyridine rings is 1. The lowest BCUT2D eigenvalue weighted by Crippen LogP contribution is -2.11. The molecule has 0 amide bonds. The number of halogens is 3. The van der Waals surface area contributed by atoms with Gasteiger partial charge in [-0.25, -0.2) is 15.0 Å². The van der Waals surface area contributed by atoms with Gasteiger partial charge in [0.15, 0.2) is 5.69 Å². The number of anilines is 1. The molecule has 0 fully saturated rings. The number of nitrogen functional groups attached to an aromatic ring is 1. The number of nitrogens with two attached hydrogens (primary N) is 1. The third-order valence-electron chi connectivity index (χ3n) is 2.28. The van der Waals surface area contributed by atoms with Gasteiger partial charge in [0.1, 0.15) is 0 Å². The minimum absolute atomic E-state index is 0.0509. The number of aromatic nitrogens is 3. The Morgan fingerprint density at radius 2 is 1.95 bits per heavy atom. The minimum atomic E-state index is -4.58. The zero-order valence-corrected chi connectivity index (χ0v) is 9.77. The molecule has 0 bridgehead atoms. The molecule has 19 heavy (non-hydrogen) atoms. The van der Waals surface area contributed by atoms with Crippen LogP contribution in [0.2, 0.25) is 0 Å². The predicted octanol–water partition coefficient (Wildman–Crippen LogP) is 2.15. The minimum Gasteiger partial charge on any atom is -0.481 e. The van der Waals surface area contributed by atoms with Crippen molar-refractivity contribution in [2.45, 2.75) is 6.18 Å². The van der Waals surface area contributed by atoms with Crippen LogP contribution in [0.3, 0.4) is 0 Å². The molecule has 2 heterocycles. The average Bonchev–Trinajstić information content (AvgIpc) is 2.37. The number of nitrogens with zero attached hydrogens (tertiary/aromatic N) is 3. The summed E-state index contributed by atoms with van der Waals surface area (Å²) in [5.41, 5.74) is 4.63. The number of rotatable bonds is 2. The Labute approximate surface area is 106 Å². The van der Waals surface area contributed by atoms with E-state index in [1.807, 2.05) is 0 Å². The summed E-state index contributed by atoms with van der Waals surface area (Å²) in [6.45, 7) is 0. The molecule has 2 N–H and O–H groups in total. The lowest BCUT2D eigenvalue weighted by Gasteiger charge is -2.08. The number of methoxy groups -OCH3 is 1. The summed E-state index contributed by atoms with van der Waals surface area (Å²) >= 11 is 0. The largest absolute Gasteiger partial charge is 0.481 e. The maximum absolute atomic E-state index is 12.6. The van der Waals surface area contributed by atoms with E-state index in [1.165, 1.54) is 25.4 Å². The fourth-order valence-electron chi connectivity index (χ4n) is 1.41. The maximum Gasteiger partial charge on any atom is 0.433 e. The molecule has 0 aliphatic rings. The first-order chi connectivity index (χ1) is 8.90. The molecule has 2 rings (SSSR count). The standard InChI is InChI=1S/C11H9F3N4O/c1-19-9-3-2-6(5-16-9)7-4-8(11(12,13)14)18-10(15)17-7/h2-5H,1H3,(H2,15,17,18). The summed E-state index contributed by atoms with van der Waals surface area (Å²) in [5, 5.41) is 0. The van der Waals surface area contributed by atoms with Crippen LogP contribution in [0.15, 0.2) is 24.4 Å². The van der Waals surface area contributed by atoms with Crippen molar-refractivity contribution in [3.05, 3.63) is 30.1 Å². The van der Waals surface area contributed by atoms with Crippen LogP contribution >= 0.6 is 0 Å². The topological polar surface area (TPSA) is 73.9 Å². The van der Waals surface area contributed by atoms with Gasteiger partial charge in [-0.05, 0) is 12.1 Å². The number of hydrogen-bond acceptors (Lipinski definition) is 5. The summed E-state index contributed by atoms with van der Waals surface area (Å²) in [7, 11) is 1.44. The van der Waals surface area contributed by atoms with Gasteiger partial charge in [-0.15, -0.1) is 0 Å². The van der Waals surface area contributed by atoms with Crippen LogP contribution in [0, 0.1) is 0 Å². The van der Waals surface area contributed by atoms with Gasteiger partial charge in [-0.1, -0.05) is 0 Å². The first-order valence-electron chi connectivity index (χ1n) is 5.12. The van der Waals surface area contributed by atoms with E-state index in [9.17, 15) is 13.2 Å². The fourth-order valence-corrected chi connectivity index (χ4v) is 1.41. The highest BCUT2D eigenvalue weighted by Crippen LogP contribution is 2.30. The summed E-state index contributed by atoms with van der Waals surface area (Å²) in [6.07, 6.45) is -3.23. The molecule has 0 aromatic carbocycles. The summed E-state index contributed by atoms with van der Waals surface area (Å²) in [4.78, 5) is 10.8. The highest BCUT2D eigenvalue weighted by molar-refractivity contribution is 5.60. The van der Waals surface area contributed by atoms with Gasteiger partial charge in [-0.3, -0.25) is 0 Å². The average molecular weight is 270 g/mol. The van der Waals surface area contributed by atoms with E-state index >= 15 is 0 Å². The maximum atomic E-state index is 12.6. The van der Waals surface area contributed by atoms with Crippen LogP contribution in [-0.2, 0) is 6.18 Å². The molecule has 0 radical (unpaired) electrons. The zero-order chi connectivity index (χ0) is 14.0. The van der Waals surface area contributed by atoms with Crippen molar-refractivity contribution in [2.24, 2.45) is 0 Å². The second-order valence-electron chi connectivity index (χ2n) is 3.58. The van der Waals surface area contributed by atoms with Crippen LogP contribution in [-0.4, -0.2) is 22.1 Å². The molecule has 8 heteroatoms. The van der Waals surface area contributed by atoms with Gasteiger partial charge < -0.3 is 10.5 Å². The Morgan fingerprint density at radius 1 is 1.21 bits per heavy atom. The molecule has 0 aliphatic carbocycles. The smallest absolute Gasteiger partial charge is 0.433 e. The monoisotopic (exact) mass is 270 g/mol. The van der Waals surface area contributed by atoms with Crippen molar-refractivity contribution in [3.8, 4) is 17.1 Å². The highest BCUT2D eigenvalue weighted by Gasteiger charge is 2.33. The molecule has 0 aliphatic heterocycles. The molecule has 2 aromatic rings. The Bertz CT molecular complexity index is 583. The molecule has 100 valence electrons. The van der Waals surface area contributed by atoms with Crippen molar-refractivity contribution in [2.75, 3.05) is 12.8 Å². The molecular weight excluding hydrogens is 261 g/mol. The second-order valence-corrected chi connectivity index (χ2v) is 3.58. The van der Waals surface area contributed by atoms with E-state index < -0.39 is 17.8 Å². The number of ether oxygens (including phenoxy) is 1. The molecular formula is C11H9F3N4O. The van der Waals surface area contributed by atoms with E-state index in [0.29, 0.717) is 11.4 Å². The van der Waals surface area contributed by atoms with Gasteiger partial charge in [0.25, 0.3) is 0 Å². The number of alkyl halides is 3. The highest BCUT2D eigenvalue weighted by atomic mass is 19.4. The summed E-state index contributed by atoms with van der Waals surface area (Å²) < 4.78 is 42.7. The van der Waals surface area contributed by atoms with Crippen LogP contribution in [0.4, 0.5) is 19.1 Å². The summed E-state index contributed by atoms with van der Waals surface area (Å²) in [5.74, 6) is -0.0949. The van der Waals surface area contributed by atoms with Crippen molar-refractivity contribution in [1.82, 2.24) is 15.0 Å². The van der Waals surface area contributed by atoms with Gasteiger partial charge in [0.2, 0.25) is 11.8 Å². The Hall–Kier alpha value is -2.38. The Balaban J connectivity index is 2.46. The Kier molecular flexibility index (Phi) is 3.24. The molecule has 0 unspecified atom stereocenters. The van der Waals surface area contributed by atoms with E-state index in [-0.39, 0.29) is 5.69 Å². The lowest BCUT2D eigenvalue weighted by atomic mass is 10.2. The number of hydrogen-bond donors (Lipinski definition) is 1. The van der Waals surface area contributed by atoms with Gasteiger partial charge in [-0.2, -0.15) is 13.2 Å². The van der Waals surface area contributed by atoms with Gasteiger partial charge >= 0.3 is 6.18 Å². The SMILES string of the molecule is COc1ccc(-c2cc(C(F)(F)F)nc(N)n2)cn1. The van der Waals surface area contributed by atoms with Gasteiger partial charge in [0.05, 0.1) is 12.8 Å².